The average molecular weight is 397 g/mol. The van der Waals surface area contributed by atoms with Crippen molar-refractivity contribution in [2.75, 3.05) is 32.8 Å². The van der Waals surface area contributed by atoms with Crippen LogP contribution in [0.2, 0.25) is 5.02 Å². The molecule has 4 nitrogen and oxygen atoms in total. The molecule has 0 bridgehead atoms. The van der Waals surface area contributed by atoms with Crippen LogP contribution < -0.4 is 4.74 Å². The molecular formula is C23H25ClN2O2. The largest absolute Gasteiger partial charge is 0.481 e. The van der Waals surface area contributed by atoms with Gasteiger partial charge in [0.2, 0.25) is 5.91 Å². The Hall–Kier alpha value is -2.48. The van der Waals surface area contributed by atoms with Gasteiger partial charge in [-0.2, -0.15) is 0 Å². The highest BCUT2D eigenvalue weighted by Gasteiger charge is 2.27. The number of nitrogens with zero attached hydrogens (tertiary/aromatic N) is 2. The molecular weight excluding hydrogens is 372 g/mol. The molecule has 0 spiro atoms. The summed E-state index contributed by atoms with van der Waals surface area (Å²) in [5.41, 5.74) is 2.35. The van der Waals surface area contributed by atoms with Gasteiger partial charge in [-0.3, -0.25) is 9.69 Å². The van der Waals surface area contributed by atoms with Crippen molar-refractivity contribution < 1.29 is 9.53 Å². The van der Waals surface area contributed by atoms with Gasteiger partial charge in [0, 0.05) is 37.6 Å². The fourth-order valence-corrected chi connectivity index (χ4v) is 3.71. The van der Waals surface area contributed by atoms with E-state index in [0.29, 0.717) is 6.42 Å². The minimum atomic E-state index is 0.0952. The number of hydrogen-bond acceptors (Lipinski definition) is 3. The Bertz CT molecular complexity index is 819. The summed E-state index contributed by atoms with van der Waals surface area (Å²) in [4.78, 5) is 16.4. The van der Waals surface area contributed by atoms with Crippen molar-refractivity contribution >= 4 is 17.5 Å². The molecule has 1 heterocycles. The molecule has 0 aliphatic carbocycles. The zero-order valence-corrected chi connectivity index (χ0v) is 16.9. The number of rotatable bonds is 6. The first-order valence-corrected chi connectivity index (χ1v) is 9.93. The molecule has 1 aliphatic rings. The third-order valence-corrected chi connectivity index (χ3v) is 5.29. The lowest BCUT2D eigenvalue weighted by atomic mass is 9.96. The number of carbonyl (C=O) groups is 1. The summed E-state index contributed by atoms with van der Waals surface area (Å²) in [6.07, 6.45) is 5.82. The highest BCUT2D eigenvalue weighted by Crippen LogP contribution is 2.31. The Morgan fingerprint density at radius 3 is 2.18 bits per heavy atom. The van der Waals surface area contributed by atoms with Crippen molar-refractivity contribution in [2.24, 2.45) is 0 Å². The summed E-state index contributed by atoms with van der Waals surface area (Å²) in [6, 6.07) is 16.1. The summed E-state index contributed by atoms with van der Waals surface area (Å²) in [5.74, 6) is 3.46. The number of hydrogen-bond donors (Lipinski definition) is 0. The number of ether oxygens (including phenoxy) is 1. The molecule has 1 fully saturated rings. The molecule has 28 heavy (non-hydrogen) atoms. The standard InChI is InChI=1S/C23H25ClN2O2/c1-3-17-28-21-11-7-19(8-12-21)23(18-5-9-20(24)10-6-18)26-15-13-25(14-16-26)22(27)4-2/h1,5-12,23H,4,13-17H2,2H3. The second-order valence-corrected chi connectivity index (χ2v) is 7.22. The van der Waals surface area contributed by atoms with E-state index < -0.39 is 0 Å². The van der Waals surface area contributed by atoms with E-state index in [9.17, 15) is 4.79 Å². The first-order chi connectivity index (χ1) is 13.6. The predicted octanol–water partition coefficient (Wildman–Crippen LogP) is 4.00. The van der Waals surface area contributed by atoms with Gasteiger partial charge in [-0.1, -0.05) is 48.7 Å². The van der Waals surface area contributed by atoms with Crippen molar-refractivity contribution in [2.45, 2.75) is 19.4 Å². The van der Waals surface area contributed by atoms with Gasteiger partial charge in [0.1, 0.15) is 12.4 Å². The van der Waals surface area contributed by atoms with Crippen LogP contribution in [0.1, 0.15) is 30.5 Å². The third-order valence-electron chi connectivity index (χ3n) is 5.04. The summed E-state index contributed by atoms with van der Waals surface area (Å²) in [7, 11) is 0. The van der Waals surface area contributed by atoms with E-state index in [2.05, 4.69) is 35.1 Å². The maximum Gasteiger partial charge on any atom is 0.222 e. The van der Waals surface area contributed by atoms with Crippen LogP contribution >= 0.6 is 11.6 Å². The van der Waals surface area contributed by atoms with Crippen LogP contribution in [-0.4, -0.2) is 48.5 Å². The molecule has 2 aromatic rings. The number of halogens is 1. The van der Waals surface area contributed by atoms with Gasteiger partial charge in [-0.15, -0.1) is 6.42 Å². The Kier molecular flexibility index (Phi) is 6.97. The molecule has 0 radical (unpaired) electrons. The van der Waals surface area contributed by atoms with Gasteiger partial charge in [0.25, 0.3) is 0 Å². The zero-order chi connectivity index (χ0) is 19.9. The van der Waals surface area contributed by atoms with Gasteiger partial charge >= 0.3 is 0 Å². The van der Waals surface area contributed by atoms with E-state index >= 15 is 0 Å². The molecule has 1 amide bonds. The molecule has 0 aromatic heterocycles. The van der Waals surface area contributed by atoms with Crippen LogP contribution in [0.15, 0.2) is 48.5 Å². The molecule has 1 aliphatic heterocycles. The van der Waals surface area contributed by atoms with Crippen LogP contribution in [0.5, 0.6) is 5.75 Å². The first-order valence-electron chi connectivity index (χ1n) is 9.56. The van der Waals surface area contributed by atoms with E-state index in [-0.39, 0.29) is 18.6 Å². The smallest absolute Gasteiger partial charge is 0.222 e. The molecule has 0 N–H and O–H groups in total. The topological polar surface area (TPSA) is 32.8 Å². The second-order valence-electron chi connectivity index (χ2n) is 6.79. The van der Waals surface area contributed by atoms with E-state index in [1.165, 1.54) is 11.1 Å². The monoisotopic (exact) mass is 396 g/mol. The lowest BCUT2D eigenvalue weighted by Crippen LogP contribution is -2.49. The van der Waals surface area contributed by atoms with Crippen molar-refractivity contribution in [3.63, 3.8) is 0 Å². The van der Waals surface area contributed by atoms with E-state index in [1.54, 1.807) is 0 Å². The highest BCUT2D eigenvalue weighted by molar-refractivity contribution is 6.30. The van der Waals surface area contributed by atoms with Gasteiger partial charge in [0.15, 0.2) is 0 Å². The summed E-state index contributed by atoms with van der Waals surface area (Å²) < 4.78 is 5.50. The Morgan fingerprint density at radius 1 is 1.07 bits per heavy atom. The first kappa shape index (κ1) is 20.3. The SMILES string of the molecule is C#CCOc1ccc(C(c2ccc(Cl)cc2)N2CCN(C(=O)CC)CC2)cc1. The number of piperazine rings is 1. The zero-order valence-electron chi connectivity index (χ0n) is 16.1. The van der Waals surface area contributed by atoms with Crippen LogP contribution in [-0.2, 0) is 4.79 Å². The number of benzene rings is 2. The van der Waals surface area contributed by atoms with E-state index in [0.717, 1.165) is 37.0 Å². The molecule has 146 valence electrons. The maximum atomic E-state index is 12.0. The van der Waals surface area contributed by atoms with Crippen molar-refractivity contribution in [1.29, 1.82) is 0 Å². The highest BCUT2D eigenvalue weighted by atomic mass is 35.5. The average Bonchev–Trinajstić information content (AvgIpc) is 2.74. The lowest BCUT2D eigenvalue weighted by Gasteiger charge is -2.39. The predicted molar refractivity (Wildman–Crippen MR) is 113 cm³/mol. The molecule has 1 atom stereocenters. The summed E-state index contributed by atoms with van der Waals surface area (Å²) >= 11 is 6.10. The molecule has 3 rings (SSSR count). The second kappa shape index (κ2) is 9.64. The number of carbonyl (C=O) groups excluding carboxylic acids is 1. The fourth-order valence-electron chi connectivity index (χ4n) is 3.58. The molecule has 2 aromatic carbocycles. The van der Waals surface area contributed by atoms with Crippen LogP contribution in [0.4, 0.5) is 0 Å². The van der Waals surface area contributed by atoms with Crippen LogP contribution in [0.25, 0.3) is 0 Å². The third kappa shape index (κ3) is 4.86. The van der Waals surface area contributed by atoms with Gasteiger partial charge in [0.05, 0.1) is 6.04 Å². The van der Waals surface area contributed by atoms with Gasteiger partial charge < -0.3 is 9.64 Å². The molecule has 1 saturated heterocycles. The summed E-state index contributed by atoms with van der Waals surface area (Å²) in [6.45, 7) is 5.32. The lowest BCUT2D eigenvalue weighted by molar-refractivity contribution is -0.132. The van der Waals surface area contributed by atoms with Crippen molar-refractivity contribution in [3.05, 3.63) is 64.7 Å². The minimum absolute atomic E-state index is 0.0952. The molecule has 5 heteroatoms. The molecule has 0 saturated carbocycles. The number of terminal acetylenes is 1. The van der Waals surface area contributed by atoms with Crippen molar-refractivity contribution in [1.82, 2.24) is 9.80 Å². The van der Waals surface area contributed by atoms with Gasteiger partial charge in [-0.05, 0) is 35.4 Å². The fraction of sp³-hybridized carbons (Fsp3) is 0.348. The minimum Gasteiger partial charge on any atom is -0.481 e. The van der Waals surface area contributed by atoms with Crippen LogP contribution in [0, 0.1) is 12.3 Å². The quantitative estimate of drug-likeness (QED) is 0.692. The van der Waals surface area contributed by atoms with Crippen molar-refractivity contribution in [3.8, 4) is 18.1 Å². The van der Waals surface area contributed by atoms with Gasteiger partial charge in [-0.25, -0.2) is 0 Å². The summed E-state index contributed by atoms with van der Waals surface area (Å²) in [5, 5.41) is 0.721. The normalized spacial score (nSPS) is 15.7. The van der Waals surface area contributed by atoms with E-state index in [4.69, 9.17) is 22.8 Å². The van der Waals surface area contributed by atoms with E-state index in [1.807, 2.05) is 36.1 Å². The Balaban J connectivity index is 1.83. The number of amides is 1. The molecule has 1 unspecified atom stereocenters. The Morgan fingerprint density at radius 2 is 1.64 bits per heavy atom. The maximum absolute atomic E-state index is 12.0. The van der Waals surface area contributed by atoms with Crippen LogP contribution in [0.3, 0.4) is 0 Å². The Labute approximate surface area is 172 Å².